The van der Waals surface area contributed by atoms with Crippen LogP contribution in [0.3, 0.4) is 0 Å². The number of sulfonamides is 2. The van der Waals surface area contributed by atoms with Crippen LogP contribution in [0.15, 0.2) is 16.3 Å². The summed E-state index contributed by atoms with van der Waals surface area (Å²) in [6.07, 6.45) is 1.01. The lowest BCUT2D eigenvalue weighted by Gasteiger charge is -2.37. The van der Waals surface area contributed by atoms with E-state index in [4.69, 9.17) is 11.6 Å². The van der Waals surface area contributed by atoms with Crippen molar-refractivity contribution in [1.82, 2.24) is 13.5 Å². The number of rotatable bonds is 5. The molecule has 158 valence electrons. The molecule has 0 atom stereocenters. The molecule has 0 bridgehead atoms. The first kappa shape index (κ1) is 22.0. The molecule has 0 spiro atoms. The largest absolute Gasteiger partial charge is 0.340 e. The second kappa shape index (κ2) is 8.57. The molecule has 0 N–H and O–H groups in total. The molecule has 3 heterocycles. The minimum absolute atomic E-state index is 0.00948. The number of nitrogens with zero attached hydrogens (tertiary/aromatic N) is 3. The van der Waals surface area contributed by atoms with Crippen LogP contribution in [0.4, 0.5) is 0 Å². The molecular weight excluding hydrogens is 446 g/mol. The summed E-state index contributed by atoms with van der Waals surface area (Å²) in [6, 6.07) is 3.06. The predicted molar refractivity (Wildman–Crippen MR) is 108 cm³/mol. The highest BCUT2D eigenvalue weighted by Gasteiger charge is 2.35. The Kier molecular flexibility index (Phi) is 6.72. The van der Waals surface area contributed by atoms with E-state index in [2.05, 4.69) is 0 Å². The predicted octanol–water partition coefficient (Wildman–Crippen LogP) is 1.30. The smallest absolute Gasteiger partial charge is 0.252 e. The SMILES string of the molecule is CCS(=O)(=O)N1CCC(C(=O)N2CCN(S(=O)(=O)c3ccc(Cl)s3)CC2)CC1. The van der Waals surface area contributed by atoms with Crippen LogP contribution in [0.1, 0.15) is 19.8 Å². The molecule has 1 aromatic rings. The average molecular weight is 470 g/mol. The molecule has 3 rings (SSSR count). The average Bonchev–Trinajstić information content (AvgIpc) is 3.15. The minimum Gasteiger partial charge on any atom is -0.340 e. The Morgan fingerprint density at radius 3 is 2.14 bits per heavy atom. The number of thiophene rings is 1. The Labute approximate surface area is 175 Å². The number of amides is 1. The van der Waals surface area contributed by atoms with Crippen LogP contribution >= 0.6 is 22.9 Å². The van der Waals surface area contributed by atoms with Crippen LogP contribution in [0.5, 0.6) is 0 Å². The Balaban J connectivity index is 1.55. The molecule has 28 heavy (non-hydrogen) atoms. The monoisotopic (exact) mass is 469 g/mol. The summed E-state index contributed by atoms with van der Waals surface area (Å²) >= 11 is 6.87. The van der Waals surface area contributed by atoms with Crippen molar-refractivity contribution in [3.63, 3.8) is 0 Å². The van der Waals surface area contributed by atoms with Gasteiger partial charge in [-0.2, -0.15) is 4.31 Å². The minimum atomic E-state index is -3.59. The van der Waals surface area contributed by atoms with E-state index in [1.165, 1.54) is 14.7 Å². The number of carbonyl (C=O) groups is 1. The van der Waals surface area contributed by atoms with Crippen LogP contribution in [0.25, 0.3) is 0 Å². The lowest BCUT2D eigenvalue weighted by molar-refractivity contribution is -0.137. The van der Waals surface area contributed by atoms with Gasteiger partial charge in [-0.05, 0) is 31.9 Å². The van der Waals surface area contributed by atoms with Gasteiger partial charge in [-0.25, -0.2) is 21.1 Å². The van der Waals surface area contributed by atoms with Crippen LogP contribution in [0.2, 0.25) is 4.34 Å². The third-order valence-electron chi connectivity index (χ3n) is 5.25. The van der Waals surface area contributed by atoms with Crippen molar-refractivity contribution in [1.29, 1.82) is 0 Å². The Morgan fingerprint density at radius 2 is 1.64 bits per heavy atom. The van der Waals surface area contributed by atoms with Crippen molar-refractivity contribution in [3.05, 3.63) is 16.5 Å². The quantitative estimate of drug-likeness (QED) is 0.647. The standard InChI is InChI=1S/C16H24ClN3O5S3/c1-2-27(22,23)19-7-5-13(6-8-19)16(21)18-9-11-20(12-10-18)28(24,25)15-4-3-14(17)26-15/h3-4,13H,2,5-12H2,1H3. The summed E-state index contributed by atoms with van der Waals surface area (Å²) in [5.41, 5.74) is 0. The summed E-state index contributed by atoms with van der Waals surface area (Å²) in [5.74, 6) is -0.148. The van der Waals surface area contributed by atoms with Gasteiger partial charge in [0, 0.05) is 45.2 Å². The molecule has 2 aliphatic heterocycles. The second-order valence-electron chi connectivity index (χ2n) is 6.86. The van der Waals surface area contributed by atoms with E-state index in [9.17, 15) is 21.6 Å². The fourth-order valence-corrected chi connectivity index (χ4v) is 7.73. The van der Waals surface area contributed by atoms with Gasteiger partial charge in [-0.1, -0.05) is 11.6 Å². The molecule has 0 radical (unpaired) electrons. The highest BCUT2D eigenvalue weighted by Crippen LogP contribution is 2.29. The Morgan fingerprint density at radius 1 is 1.04 bits per heavy atom. The first-order chi connectivity index (χ1) is 13.1. The van der Waals surface area contributed by atoms with Crippen molar-refractivity contribution >= 4 is 48.9 Å². The van der Waals surface area contributed by atoms with Crippen molar-refractivity contribution < 1.29 is 21.6 Å². The van der Waals surface area contributed by atoms with Gasteiger partial charge in [0.05, 0.1) is 10.1 Å². The van der Waals surface area contributed by atoms with Crippen LogP contribution in [-0.4, -0.2) is 81.3 Å². The molecule has 0 saturated carbocycles. The number of hydrogen-bond donors (Lipinski definition) is 0. The number of piperazine rings is 1. The van der Waals surface area contributed by atoms with Crippen molar-refractivity contribution in [2.75, 3.05) is 45.0 Å². The molecule has 8 nitrogen and oxygen atoms in total. The maximum atomic E-state index is 12.8. The first-order valence-corrected chi connectivity index (χ1v) is 13.4. The van der Waals surface area contributed by atoms with Gasteiger partial charge in [0.2, 0.25) is 15.9 Å². The van der Waals surface area contributed by atoms with Gasteiger partial charge >= 0.3 is 0 Å². The number of piperidine rings is 1. The Hall–Kier alpha value is -0.720. The van der Waals surface area contributed by atoms with Gasteiger partial charge in [-0.3, -0.25) is 4.79 Å². The van der Waals surface area contributed by atoms with E-state index >= 15 is 0 Å². The lowest BCUT2D eigenvalue weighted by atomic mass is 9.96. The molecule has 12 heteroatoms. The number of hydrogen-bond acceptors (Lipinski definition) is 6. The molecule has 2 fully saturated rings. The van der Waals surface area contributed by atoms with Gasteiger partial charge in [0.25, 0.3) is 10.0 Å². The van der Waals surface area contributed by atoms with E-state index in [1.54, 1.807) is 17.9 Å². The van der Waals surface area contributed by atoms with E-state index in [1.807, 2.05) is 0 Å². The summed E-state index contributed by atoms with van der Waals surface area (Å²) in [5, 5.41) is 0. The first-order valence-electron chi connectivity index (χ1n) is 9.17. The third-order valence-corrected chi connectivity index (χ3v) is 10.7. The molecule has 2 saturated heterocycles. The fraction of sp³-hybridized carbons (Fsp3) is 0.688. The molecular formula is C16H24ClN3O5S3. The van der Waals surface area contributed by atoms with E-state index in [-0.39, 0.29) is 34.9 Å². The van der Waals surface area contributed by atoms with Crippen molar-refractivity contribution in [3.8, 4) is 0 Å². The molecule has 1 aromatic heterocycles. The van der Waals surface area contributed by atoms with Gasteiger partial charge in [0.1, 0.15) is 4.21 Å². The van der Waals surface area contributed by atoms with Crippen molar-refractivity contribution in [2.24, 2.45) is 5.92 Å². The van der Waals surface area contributed by atoms with Gasteiger partial charge < -0.3 is 4.90 Å². The van der Waals surface area contributed by atoms with E-state index < -0.39 is 20.0 Å². The van der Waals surface area contributed by atoms with Crippen molar-refractivity contribution in [2.45, 2.75) is 24.0 Å². The summed E-state index contributed by atoms with van der Waals surface area (Å²) in [6.45, 7) is 3.50. The normalized spacial score (nSPS) is 21.1. The van der Waals surface area contributed by atoms with E-state index in [0.29, 0.717) is 43.4 Å². The highest BCUT2D eigenvalue weighted by molar-refractivity contribution is 7.91. The molecule has 2 aliphatic rings. The zero-order valence-electron chi connectivity index (χ0n) is 15.6. The van der Waals surface area contributed by atoms with Crippen LogP contribution < -0.4 is 0 Å². The van der Waals surface area contributed by atoms with Crippen LogP contribution in [-0.2, 0) is 24.8 Å². The van der Waals surface area contributed by atoms with E-state index in [0.717, 1.165) is 11.3 Å². The van der Waals surface area contributed by atoms with Gasteiger partial charge in [0.15, 0.2) is 0 Å². The highest BCUT2D eigenvalue weighted by atomic mass is 35.5. The summed E-state index contributed by atoms with van der Waals surface area (Å²) < 4.78 is 52.6. The molecule has 0 aliphatic carbocycles. The van der Waals surface area contributed by atoms with Crippen LogP contribution in [0, 0.1) is 5.92 Å². The molecule has 0 unspecified atom stereocenters. The molecule has 0 aromatic carbocycles. The number of carbonyl (C=O) groups excluding carboxylic acids is 1. The third kappa shape index (κ3) is 4.54. The summed E-state index contributed by atoms with van der Waals surface area (Å²) in [7, 11) is -6.80. The Bertz CT molecular complexity index is 915. The topological polar surface area (TPSA) is 95.1 Å². The fourth-order valence-electron chi connectivity index (χ4n) is 3.53. The molecule has 1 amide bonds. The zero-order valence-corrected chi connectivity index (χ0v) is 18.8. The zero-order chi connectivity index (χ0) is 20.5. The lowest BCUT2D eigenvalue weighted by Crippen LogP contribution is -2.53. The second-order valence-corrected chi connectivity index (χ2v) is 13.0. The summed E-state index contributed by atoms with van der Waals surface area (Å²) in [4.78, 5) is 14.5. The van der Waals surface area contributed by atoms with Gasteiger partial charge in [-0.15, -0.1) is 11.3 Å². The maximum Gasteiger partial charge on any atom is 0.252 e. The maximum absolute atomic E-state index is 12.8. The number of halogens is 1.